The van der Waals surface area contributed by atoms with Crippen LogP contribution in [0.5, 0.6) is 0 Å². The Morgan fingerprint density at radius 2 is 2.09 bits per heavy atom. The highest BCUT2D eigenvalue weighted by Crippen LogP contribution is 2.30. The third kappa shape index (κ3) is 1.93. The molecule has 3 nitrogen and oxygen atoms in total. The van der Waals surface area contributed by atoms with Gasteiger partial charge in [-0.3, -0.25) is 4.79 Å². The summed E-state index contributed by atoms with van der Waals surface area (Å²) >= 11 is 3.19. The molecule has 1 fully saturated rings. The van der Waals surface area contributed by atoms with Gasteiger partial charge in [0.1, 0.15) is 0 Å². The zero-order chi connectivity index (χ0) is 8.43. The Balaban J connectivity index is 2.58. The zero-order valence-corrected chi connectivity index (χ0v) is 7.62. The number of halogens is 1. The number of rotatable bonds is 1. The lowest BCUT2D eigenvalue weighted by atomic mass is 9.87. The number of alkyl halides is 1. The van der Waals surface area contributed by atoms with Crippen molar-refractivity contribution >= 4 is 21.9 Å². The molecule has 0 radical (unpaired) electrons. The van der Waals surface area contributed by atoms with Crippen LogP contribution in [0.2, 0.25) is 0 Å². The minimum atomic E-state index is -0.814. The van der Waals surface area contributed by atoms with Crippen LogP contribution in [0.1, 0.15) is 19.3 Å². The van der Waals surface area contributed by atoms with Crippen molar-refractivity contribution in [2.24, 2.45) is 5.92 Å². The monoisotopic (exact) mass is 222 g/mol. The molecular formula is C7H11BrO3. The van der Waals surface area contributed by atoms with Crippen LogP contribution in [0, 0.1) is 5.92 Å². The van der Waals surface area contributed by atoms with Gasteiger partial charge in [-0.2, -0.15) is 0 Å². The van der Waals surface area contributed by atoms with E-state index in [1.165, 1.54) is 0 Å². The molecule has 1 rings (SSSR count). The molecule has 64 valence electrons. The lowest BCUT2D eigenvalue weighted by Gasteiger charge is -2.28. The second-order valence-corrected chi connectivity index (χ2v) is 3.94. The molecule has 3 unspecified atom stereocenters. The van der Waals surface area contributed by atoms with Crippen molar-refractivity contribution in [3.8, 4) is 0 Å². The third-order valence-electron chi connectivity index (χ3n) is 2.08. The van der Waals surface area contributed by atoms with Crippen LogP contribution in [-0.4, -0.2) is 27.1 Å². The Kier molecular flexibility index (Phi) is 2.90. The fourth-order valence-corrected chi connectivity index (χ4v) is 2.15. The quantitative estimate of drug-likeness (QED) is 0.652. The number of carboxylic acids is 1. The number of aliphatic carboxylic acids is 1. The fraction of sp³-hybridized carbons (Fsp3) is 0.857. The number of hydrogen-bond donors (Lipinski definition) is 2. The van der Waals surface area contributed by atoms with E-state index in [9.17, 15) is 9.90 Å². The van der Waals surface area contributed by atoms with E-state index in [2.05, 4.69) is 15.9 Å². The van der Waals surface area contributed by atoms with Crippen molar-refractivity contribution in [2.45, 2.75) is 30.2 Å². The van der Waals surface area contributed by atoms with Gasteiger partial charge in [0, 0.05) is 0 Å². The van der Waals surface area contributed by atoms with Crippen molar-refractivity contribution in [3.63, 3.8) is 0 Å². The molecule has 11 heavy (non-hydrogen) atoms. The number of aliphatic hydroxyl groups is 1. The summed E-state index contributed by atoms with van der Waals surface area (Å²) in [7, 11) is 0. The highest BCUT2D eigenvalue weighted by Gasteiger charge is 2.34. The second-order valence-electron chi connectivity index (χ2n) is 2.89. The van der Waals surface area contributed by atoms with E-state index in [0.29, 0.717) is 12.8 Å². The van der Waals surface area contributed by atoms with E-state index in [1.807, 2.05) is 0 Å². The van der Waals surface area contributed by atoms with E-state index < -0.39 is 18.0 Å². The Bertz CT molecular complexity index is 160. The number of hydrogen-bond acceptors (Lipinski definition) is 2. The van der Waals surface area contributed by atoms with Crippen molar-refractivity contribution in [3.05, 3.63) is 0 Å². The highest BCUT2D eigenvalue weighted by atomic mass is 79.9. The van der Waals surface area contributed by atoms with Gasteiger partial charge in [-0.1, -0.05) is 15.9 Å². The van der Waals surface area contributed by atoms with Crippen molar-refractivity contribution < 1.29 is 15.0 Å². The summed E-state index contributed by atoms with van der Waals surface area (Å²) in [6.45, 7) is 0. The van der Waals surface area contributed by atoms with E-state index in [0.717, 1.165) is 6.42 Å². The maximum Gasteiger partial charge on any atom is 0.307 e. The zero-order valence-electron chi connectivity index (χ0n) is 6.03. The maximum atomic E-state index is 10.6. The van der Waals surface area contributed by atoms with Gasteiger partial charge in [0.05, 0.1) is 16.8 Å². The summed E-state index contributed by atoms with van der Waals surface area (Å²) in [6, 6.07) is 0. The predicted octanol–water partition coefficient (Wildman–Crippen LogP) is 0.995. The summed E-state index contributed by atoms with van der Waals surface area (Å²) in [6.07, 6.45) is 1.69. The molecule has 0 aromatic heterocycles. The Morgan fingerprint density at radius 1 is 1.45 bits per heavy atom. The Labute approximate surface area is 73.5 Å². The molecule has 0 aromatic rings. The van der Waals surface area contributed by atoms with Crippen LogP contribution < -0.4 is 0 Å². The van der Waals surface area contributed by atoms with Crippen LogP contribution in [0.4, 0.5) is 0 Å². The first kappa shape index (κ1) is 9.00. The van der Waals surface area contributed by atoms with Gasteiger partial charge < -0.3 is 10.2 Å². The number of carbonyl (C=O) groups is 1. The SMILES string of the molecule is O=C(O)C1CCCC(O)C1Br. The Hall–Kier alpha value is -0.0900. The molecule has 0 aliphatic heterocycles. The van der Waals surface area contributed by atoms with E-state index in [1.54, 1.807) is 0 Å². The molecule has 1 aliphatic rings. The molecule has 3 atom stereocenters. The summed E-state index contributed by atoms with van der Waals surface area (Å²) in [5.41, 5.74) is 0. The largest absolute Gasteiger partial charge is 0.481 e. The van der Waals surface area contributed by atoms with Crippen LogP contribution in [0.25, 0.3) is 0 Å². The van der Waals surface area contributed by atoms with Crippen molar-refractivity contribution in [1.29, 1.82) is 0 Å². The average Bonchev–Trinajstić information content (AvgIpc) is 1.94. The van der Waals surface area contributed by atoms with Crippen molar-refractivity contribution in [2.75, 3.05) is 0 Å². The van der Waals surface area contributed by atoms with Gasteiger partial charge in [-0.05, 0) is 19.3 Å². The van der Waals surface area contributed by atoms with Gasteiger partial charge in [0.2, 0.25) is 0 Å². The number of carboxylic acid groups (broad SMARTS) is 1. The minimum absolute atomic E-state index is 0.270. The smallest absolute Gasteiger partial charge is 0.307 e. The fourth-order valence-electron chi connectivity index (χ4n) is 1.39. The van der Waals surface area contributed by atoms with E-state index >= 15 is 0 Å². The average molecular weight is 223 g/mol. The molecule has 2 N–H and O–H groups in total. The highest BCUT2D eigenvalue weighted by molar-refractivity contribution is 9.09. The van der Waals surface area contributed by atoms with Gasteiger partial charge in [-0.25, -0.2) is 0 Å². The first-order valence-corrected chi connectivity index (χ1v) is 4.59. The normalized spacial score (nSPS) is 38.5. The Morgan fingerprint density at radius 3 is 2.55 bits per heavy atom. The van der Waals surface area contributed by atoms with Crippen LogP contribution in [0.3, 0.4) is 0 Å². The van der Waals surface area contributed by atoms with E-state index in [-0.39, 0.29) is 4.83 Å². The van der Waals surface area contributed by atoms with Gasteiger partial charge in [0.15, 0.2) is 0 Å². The van der Waals surface area contributed by atoms with Gasteiger partial charge in [-0.15, -0.1) is 0 Å². The molecule has 0 bridgehead atoms. The lowest BCUT2D eigenvalue weighted by Crippen LogP contribution is -2.37. The standard InChI is InChI=1S/C7H11BrO3/c8-6-4(7(10)11)2-1-3-5(6)9/h4-6,9H,1-3H2,(H,10,11). The molecule has 1 saturated carbocycles. The molecule has 1 aliphatic carbocycles. The maximum absolute atomic E-state index is 10.6. The molecular weight excluding hydrogens is 212 g/mol. The molecule has 0 aromatic carbocycles. The van der Waals surface area contributed by atoms with Gasteiger partial charge in [0.25, 0.3) is 0 Å². The van der Waals surface area contributed by atoms with Crippen LogP contribution >= 0.6 is 15.9 Å². The molecule has 0 saturated heterocycles. The summed E-state index contributed by atoms with van der Waals surface area (Å²) in [5.74, 6) is -1.23. The van der Waals surface area contributed by atoms with E-state index in [4.69, 9.17) is 5.11 Å². The molecule has 0 heterocycles. The van der Waals surface area contributed by atoms with Crippen LogP contribution in [0.15, 0.2) is 0 Å². The molecule has 0 spiro atoms. The third-order valence-corrected chi connectivity index (χ3v) is 3.33. The first-order valence-electron chi connectivity index (χ1n) is 3.68. The summed E-state index contributed by atoms with van der Waals surface area (Å²) in [4.78, 5) is 10.3. The molecule has 4 heteroatoms. The second kappa shape index (κ2) is 3.54. The molecule has 0 amide bonds. The lowest BCUT2D eigenvalue weighted by molar-refractivity contribution is -0.143. The van der Waals surface area contributed by atoms with Gasteiger partial charge >= 0.3 is 5.97 Å². The summed E-state index contributed by atoms with van der Waals surface area (Å²) in [5, 5.41) is 18.0. The van der Waals surface area contributed by atoms with Crippen molar-refractivity contribution in [1.82, 2.24) is 0 Å². The number of aliphatic hydroxyl groups excluding tert-OH is 1. The summed E-state index contributed by atoms with van der Waals surface area (Å²) < 4.78 is 0. The predicted molar refractivity (Wildman–Crippen MR) is 43.7 cm³/mol. The van der Waals surface area contributed by atoms with Crippen LogP contribution in [-0.2, 0) is 4.79 Å². The first-order chi connectivity index (χ1) is 5.13. The minimum Gasteiger partial charge on any atom is -0.481 e. The topological polar surface area (TPSA) is 57.5 Å².